The topological polar surface area (TPSA) is 57.9 Å². The molecule has 0 aliphatic carbocycles. The molecule has 0 radical (unpaired) electrons. The number of ether oxygens (including phenoxy) is 1. The van der Waals surface area contributed by atoms with Gasteiger partial charge in [-0.2, -0.15) is 5.26 Å². The van der Waals surface area contributed by atoms with E-state index in [1.165, 1.54) is 12.8 Å². The fourth-order valence-corrected chi connectivity index (χ4v) is 2.05. The molecule has 4 heteroatoms. The quantitative estimate of drug-likeness (QED) is 0.857. The number of nitrogens with zero attached hydrogens (tertiary/aromatic N) is 2. The summed E-state index contributed by atoms with van der Waals surface area (Å²) in [5, 5.41) is 12.0. The van der Waals surface area contributed by atoms with E-state index in [1.807, 2.05) is 6.07 Å². The van der Waals surface area contributed by atoms with Crippen molar-refractivity contribution in [2.45, 2.75) is 19.3 Å². The summed E-state index contributed by atoms with van der Waals surface area (Å²) < 4.78 is 5.61. The first-order valence-corrected chi connectivity index (χ1v) is 6.08. The fourth-order valence-electron chi connectivity index (χ4n) is 2.05. The van der Waals surface area contributed by atoms with Crippen LogP contribution in [0.25, 0.3) is 0 Å². The van der Waals surface area contributed by atoms with Crippen molar-refractivity contribution in [1.82, 2.24) is 10.3 Å². The Balaban J connectivity index is 1.72. The van der Waals surface area contributed by atoms with Crippen molar-refractivity contribution in [1.29, 1.82) is 5.26 Å². The van der Waals surface area contributed by atoms with Gasteiger partial charge in [0.15, 0.2) is 0 Å². The van der Waals surface area contributed by atoms with E-state index in [-0.39, 0.29) is 0 Å². The molecule has 4 nitrogen and oxygen atoms in total. The molecular weight excluding hydrogens is 214 g/mol. The zero-order chi connectivity index (χ0) is 11.9. The van der Waals surface area contributed by atoms with Gasteiger partial charge in [-0.25, -0.2) is 4.98 Å². The van der Waals surface area contributed by atoms with Crippen LogP contribution < -0.4 is 10.1 Å². The molecule has 0 saturated carbocycles. The van der Waals surface area contributed by atoms with Crippen LogP contribution >= 0.6 is 0 Å². The maximum absolute atomic E-state index is 8.61. The SMILES string of the molecule is N#Cc1ccc(OCCC2CCCNC2)cn1. The fraction of sp³-hybridized carbons (Fsp3) is 0.538. The maximum Gasteiger partial charge on any atom is 0.140 e. The van der Waals surface area contributed by atoms with Gasteiger partial charge in [-0.05, 0) is 50.4 Å². The highest BCUT2D eigenvalue weighted by Gasteiger charge is 2.12. The van der Waals surface area contributed by atoms with Gasteiger partial charge in [0.2, 0.25) is 0 Å². The molecule has 1 N–H and O–H groups in total. The zero-order valence-electron chi connectivity index (χ0n) is 9.85. The Morgan fingerprint density at radius 3 is 3.12 bits per heavy atom. The van der Waals surface area contributed by atoms with Crippen molar-refractivity contribution in [3.05, 3.63) is 24.0 Å². The van der Waals surface area contributed by atoms with Gasteiger partial charge >= 0.3 is 0 Å². The molecule has 1 atom stereocenters. The minimum atomic E-state index is 0.425. The highest BCUT2D eigenvalue weighted by atomic mass is 16.5. The summed E-state index contributed by atoms with van der Waals surface area (Å²) in [7, 11) is 0. The third-order valence-electron chi connectivity index (χ3n) is 3.04. The van der Waals surface area contributed by atoms with E-state index in [9.17, 15) is 0 Å². The lowest BCUT2D eigenvalue weighted by atomic mass is 9.97. The second-order valence-electron chi connectivity index (χ2n) is 4.34. The van der Waals surface area contributed by atoms with E-state index >= 15 is 0 Å². The molecule has 0 spiro atoms. The minimum Gasteiger partial charge on any atom is -0.492 e. The van der Waals surface area contributed by atoms with Crippen LogP contribution in [0.2, 0.25) is 0 Å². The normalized spacial score (nSPS) is 19.6. The number of nitriles is 1. The molecule has 0 aromatic carbocycles. The number of piperidine rings is 1. The summed E-state index contributed by atoms with van der Waals surface area (Å²) in [6, 6.07) is 5.46. The van der Waals surface area contributed by atoms with E-state index in [2.05, 4.69) is 10.3 Å². The molecule has 1 saturated heterocycles. The summed E-state index contributed by atoms with van der Waals surface area (Å²) in [6.45, 7) is 2.98. The monoisotopic (exact) mass is 231 g/mol. The smallest absolute Gasteiger partial charge is 0.140 e. The first-order chi connectivity index (χ1) is 8.38. The molecule has 2 rings (SSSR count). The van der Waals surface area contributed by atoms with E-state index in [1.54, 1.807) is 18.3 Å². The molecule has 90 valence electrons. The third-order valence-corrected chi connectivity index (χ3v) is 3.04. The van der Waals surface area contributed by atoms with Gasteiger partial charge in [-0.15, -0.1) is 0 Å². The second kappa shape index (κ2) is 6.21. The van der Waals surface area contributed by atoms with Gasteiger partial charge in [-0.1, -0.05) is 0 Å². The number of hydrogen-bond acceptors (Lipinski definition) is 4. The molecule has 0 amide bonds. The average Bonchev–Trinajstić information content (AvgIpc) is 2.41. The molecule has 0 bridgehead atoms. The van der Waals surface area contributed by atoms with Gasteiger partial charge in [0.25, 0.3) is 0 Å². The number of rotatable bonds is 4. The Morgan fingerprint density at radius 1 is 1.53 bits per heavy atom. The molecule has 1 aromatic rings. The van der Waals surface area contributed by atoms with Crippen molar-refractivity contribution in [2.24, 2.45) is 5.92 Å². The Bertz CT molecular complexity index is 377. The standard InChI is InChI=1S/C13H17N3O/c14-8-12-3-4-13(10-16-12)17-7-5-11-2-1-6-15-9-11/h3-4,10-11,15H,1-2,5-7,9H2. The average molecular weight is 231 g/mol. The van der Waals surface area contributed by atoms with E-state index in [0.717, 1.165) is 37.8 Å². The summed E-state index contributed by atoms with van der Waals surface area (Å²) in [5.74, 6) is 1.47. The largest absolute Gasteiger partial charge is 0.492 e. The predicted molar refractivity (Wildman–Crippen MR) is 64.7 cm³/mol. The van der Waals surface area contributed by atoms with Crippen LogP contribution in [0.5, 0.6) is 5.75 Å². The molecule has 1 aliphatic heterocycles. The van der Waals surface area contributed by atoms with Gasteiger partial charge in [-0.3, -0.25) is 0 Å². The van der Waals surface area contributed by atoms with E-state index < -0.39 is 0 Å². The molecule has 1 aromatic heterocycles. The van der Waals surface area contributed by atoms with Gasteiger partial charge in [0.05, 0.1) is 12.8 Å². The van der Waals surface area contributed by atoms with Gasteiger partial charge < -0.3 is 10.1 Å². The van der Waals surface area contributed by atoms with Crippen molar-refractivity contribution in [3.63, 3.8) is 0 Å². The van der Waals surface area contributed by atoms with Crippen molar-refractivity contribution < 1.29 is 4.74 Å². The Labute approximate surface area is 102 Å². The zero-order valence-corrected chi connectivity index (χ0v) is 9.85. The Kier molecular flexibility index (Phi) is 4.34. The number of pyridine rings is 1. The van der Waals surface area contributed by atoms with Crippen LogP contribution in [0.1, 0.15) is 25.0 Å². The van der Waals surface area contributed by atoms with Crippen molar-refractivity contribution in [2.75, 3.05) is 19.7 Å². The Morgan fingerprint density at radius 2 is 2.47 bits per heavy atom. The highest BCUT2D eigenvalue weighted by Crippen LogP contribution is 2.15. The number of hydrogen-bond donors (Lipinski definition) is 1. The van der Waals surface area contributed by atoms with Crippen LogP contribution in [-0.4, -0.2) is 24.7 Å². The summed E-state index contributed by atoms with van der Waals surface area (Å²) in [5.41, 5.74) is 0.425. The van der Waals surface area contributed by atoms with Crippen molar-refractivity contribution in [3.8, 4) is 11.8 Å². The molecule has 2 heterocycles. The van der Waals surface area contributed by atoms with E-state index in [4.69, 9.17) is 10.00 Å². The van der Waals surface area contributed by atoms with Crippen molar-refractivity contribution >= 4 is 0 Å². The second-order valence-corrected chi connectivity index (χ2v) is 4.34. The first kappa shape index (κ1) is 11.9. The summed E-state index contributed by atoms with van der Waals surface area (Å²) >= 11 is 0. The van der Waals surface area contributed by atoms with Crippen LogP contribution in [0.15, 0.2) is 18.3 Å². The number of nitrogens with one attached hydrogen (secondary N) is 1. The maximum atomic E-state index is 8.61. The lowest BCUT2D eigenvalue weighted by Crippen LogP contribution is -2.30. The lowest BCUT2D eigenvalue weighted by molar-refractivity contribution is 0.253. The molecule has 17 heavy (non-hydrogen) atoms. The molecule has 1 aliphatic rings. The van der Waals surface area contributed by atoms with Crippen LogP contribution in [0.4, 0.5) is 0 Å². The third kappa shape index (κ3) is 3.72. The molecule has 1 unspecified atom stereocenters. The lowest BCUT2D eigenvalue weighted by Gasteiger charge is -2.22. The highest BCUT2D eigenvalue weighted by molar-refractivity contribution is 5.26. The van der Waals surface area contributed by atoms with Crippen LogP contribution in [0.3, 0.4) is 0 Å². The van der Waals surface area contributed by atoms with Crippen LogP contribution in [0, 0.1) is 17.2 Å². The Hall–Kier alpha value is -1.60. The predicted octanol–water partition coefficient (Wildman–Crippen LogP) is 1.72. The van der Waals surface area contributed by atoms with Gasteiger partial charge in [0.1, 0.15) is 17.5 Å². The van der Waals surface area contributed by atoms with Gasteiger partial charge in [0, 0.05) is 0 Å². The summed E-state index contributed by atoms with van der Waals surface area (Å²) in [6.07, 6.45) is 5.25. The van der Waals surface area contributed by atoms with E-state index in [0.29, 0.717) is 5.69 Å². The number of aromatic nitrogens is 1. The minimum absolute atomic E-state index is 0.425. The van der Waals surface area contributed by atoms with Crippen LogP contribution in [-0.2, 0) is 0 Å². The molecule has 1 fully saturated rings. The first-order valence-electron chi connectivity index (χ1n) is 6.08. The summed E-state index contributed by atoms with van der Waals surface area (Å²) in [4.78, 5) is 3.96. The molecular formula is C13H17N3O.